The van der Waals surface area contributed by atoms with Crippen molar-refractivity contribution in [2.45, 2.75) is 26.3 Å². The summed E-state index contributed by atoms with van der Waals surface area (Å²) in [7, 11) is 0. The van der Waals surface area contributed by atoms with Crippen LogP contribution < -0.4 is 5.32 Å². The van der Waals surface area contributed by atoms with E-state index < -0.39 is 0 Å². The Morgan fingerprint density at radius 1 is 1.71 bits per heavy atom. The molecule has 0 aliphatic carbocycles. The van der Waals surface area contributed by atoms with Gasteiger partial charge in [0, 0.05) is 13.0 Å². The Balaban J connectivity index is 2.41. The summed E-state index contributed by atoms with van der Waals surface area (Å²) in [6.07, 6.45) is 0.0711. The molecule has 6 heteroatoms. The van der Waals surface area contributed by atoms with Crippen molar-refractivity contribution in [1.82, 2.24) is 15.5 Å². The molecule has 0 radical (unpaired) electrons. The van der Waals surface area contributed by atoms with Crippen LogP contribution in [0.1, 0.15) is 18.6 Å². The van der Waals surface area contributed by atoms with Crippen molar-refractivity contribution in [3.63, 3.8) is 0 Å². The standard InChI is InChI=1S/C8H13N3O3/c1-5(4-12)9-8(13)3-7-10-6(2)14-11-7/h5,12H,3-4H2,1-2H3,(H,9,13). The number of carbonyl (C=O) groups excluding carboxylic acids is 1. The average molecular weight is 199 g/mol. The number of aromatic nitrogens is 2. The number of aliphatic hydroxyl groups is 1. The van der Waals surface area contributed by atoms with E-state index >= 15 is 0 Å². The first-order valence-corrected chi connectivity index (χ1v) is 4.31. The zero-order valence-electron chi connectivity index (χ0n) is 8.15. The second kappa shape index (κ2) is 4.71. The van der Waals surface area contributed by atoms with Crippen molar-refractivity contribution in [3.8, 4) is 0 Å². The summed E-state index contributed by atoms with van der Waals surface area (Å²) in [6.45, 7) is 3.28. The van der Waals surface area contributed by atoms with E-state index in [0.717, 1.165) is 0 Å². The van der Waals surface area contributed by atoms with Crippen molar-refractivity contribution in [1.29, 1.82) is 0 Å². The number of aryl methyl sites for hydroxylation is 1. The molecule has 0 bridgehead atoms. The summed E-state index contributed by atoms with van der Waals surface area (Å²) in [6, 6.07) is -0.254. The predicted octanol–water partition coefficient (Wildman–Crippen LogP) is -0.582. The smallest absolute Gasteiger partial charge is 0.228 e. The Bertz CT molecular complexity index is 311. The maximum atomic E-state index is 11.2. The lowest BCUT2D eigenvalue weighted by Crippen LogP contribution is -2.36. The fraction of sp³-hybridized carbons (Fsp3) is 0.625. The van der Waals surface area contributed by atoms with Crippen LogP contribution in [0, 0.1) is 6.92 Å². The lowest BCUT2D eigenvalue weighted by atomic mass is 10.3. The van der Waals surface area contributed by atoms with Gasteiger partial charge >= 0.3 is 0 Å². The van der Waals surface area contributed by atoms with Crippen molar-refractivity contribution >= 4 is 5.91 Å². The molecule has 78 valence electrons. The molecule has 1 heterocycles. The van der Waals surface area contributed by atoms with Crippen molar-refractivity contribution in [2.24, 2.45) is 0 Å². The molecule has 1 unspecified atom stereocenters. The first kappa shape index (κ1) is 10.6. The molecule has 2 N–H and O–H groups in total. The molecule has 1 amide bonds. The third-order valence-electron chi connectivity index (χ3n) is 1.57. The normalized spacial score (nSPS) is 12.5. The third kappa shape index (κ3) is 3.14. The number of hydrogen-bond acceptors (Lipinski definition) is 5. The zero-order chi connectivity index (χ0) is 10.6. The number of aliphatic hydroxyl groups excluding tert-OH is 1. The quantitative estimate of drug-likeness (QED) is 0.677. The van der Waals surface area contributed by atoms with Crippen molar-refractivity contribution < 1.29 is 14.4 Å². The number of amides is 1. The molecule has 6 nitrogen and oxygen atoms in total. The Kier molecular flexibility index (Phi) is 3.58. The van der Waals surface area contributed by atoms with Crippen LogP contribution in [0.4, 0.5) is 0 Å². The monoisotopic (exact) mass is 199 g/mol. The molecule has 1 atom stereocenters. The SMILES string of the molecule is Cc1nc(CC(=O)NC(C)CO)no1. The fourth-order valence-corrected chi connectivity index (χ4v) is 0.928. The first-order valence-electron chi connectivity index (χ1n) is 4.31. The molecule has 1 rings (SSSR count). The molecule has 0 aliphatic rings. The van der Waals surface area contributed by atoms with Gasteiger partial charge in [0.05, 0.1) is 13.0 Å². The minimum absolute atomic E-state index is 0.0711. The summed E-state index contributed by atoms with van der Waals surface area (Å²) in [4.78, 5) is 15.1. The van der Waals surface area contributed by atoms with Gasteiger partial charge in [-0.2, -0.15) is 4.98 Å². The molecule has 0 saturated carbocycles. The van der Waals surface area contributed by atoms with Gasteiger partial charge in [-0.3, -0.25) is 4.79 Å². The van der Waals surface area contributed by atoms with Crippen LogP contribution in [-0.4, -0.2) is 33.8 Å². The van der Waals surface area contributed by atoms with Crippen LogP contribution in [0.2, 0.25) is 0 Å². The molecule has 0 saturated heterocycles. The van der Waals surface area contributed by atoms with Gasteiger partial charge < -0.3 is 14.9 Å². The summed E-state index contributed by atoms with van der Waals surface area (Å²) in [5, 5.41) is 14.8. The molecular weight excluding hydrogens is 186 g/mol. The molecule has 1 aromatic heterocycles. The summed E-state index contributed by atoms with van der Waals surface area (Å²) < 4.78 is 4.71. The van der Waals surface area contributed by atoms with Crippen LogP contribution in [0.3, 0.4) is 0 Å². The average Bonchev–Trinajstić information content (AvgIpc) is 2.50. The lowest BCUT2D eigenvalue weighted by Gasteiger charge is -2.08. The molecule has 0 aliphatic heterocycles. The van der Waals surface area contributed by atoms with E-state index in [1.807, 2.05) is 0 Å². The highest BCUT2D eigenvalue weighted by molar-refractivity contribution is 5.77. The van der Waals surface area contributed by atoms with E-state index in [9.17, 15) is 4.79 Å². The Labute approximate surface area is 81.3 Å². The van der Waals surface area contributed by atoms with Crippen LogP contribution >= 0.6 is 0 Å². The van der Waals surface area contributed by atoms with E-state index in [2.05, 4.69) is 15.5 Å². The van der Waals surface area contributed by atoms with Gasteiger partial charge in [-0.05, 0) is 6.92 Å². The highest BCUT2D eigenvalue weighted by Gasteiger charge is 2.10. The predicted molar refractivity (Wildman–Crippen MR) is 47.4 cm³/mol. The topological polar surface area (TPSA) is 88.2 Å². The first-order chi connectivity index (χ1) is 6.61. The number of rotatable bonds is 4. The van der Waals surface area contributed by atoms with Crippen LogP contribution in [0.25, 0.3) is 0 Å². The van der Waals surface area contributed by atoms with Gasteiger partial charge in [0.2, 0.25) is 11.8 Å². The Morgan fingerprint density at radius 3 is 2.93 bits per heavy atom. The van der Waals surface area contributed by atoms with E-state index in [1.54, 1.807) is 13.8 Å². The zero-order valence-corrected chi connectivity index (χ0v) is 8.15. The largest absolute Gasteiger partial charge is 0.394 e. The van der Waals surface area contributed by atoms with Crippen molar-refractivity contribution in [3.05, 3.63) is 11.7 Å². The molecule has 14 heavy (non-hydrogen) atoms. The van der Waals surface area contributed by atoms with Crippen LogP contribution in [0.15, 0.2) is 4.52 Å². The summed E-state index contributed by atoms with van der Waals surface area (Å²) in [5.74, 6) is 0.556. The van der Waals surface area contributed by atoms with E-state index in [-0.39, 0.29) is 25.0 Å². The second-order valence-electron chi connectivity index (χ2n) is 3.06. The number of hydrogen-bond donors (Lipinski definition) is 2. The number of nitrogens with one attached hydrogen (secondary N) is 1. The number of nitrogens with zero attached hydrogens (tertiary/aromatic N) is 2. The van der Waals surface area contributed by atoms with Gasteiger partial charge in [0.1, 0.15) is 0 Å². The molecule has 0 fully saturated rings. The maximum absolute atomic E-state index is 11.2. The van der Waals surface area contributed by atoms with Crippen LogP contribution in [-0.2, 0) is 11.2 Å². The molecular formula is C8H13N3O3. The summed E-state index contributed by atoms with van der Waals surface area (Å²) >= 11 is 0. The van der Waals surface area contributed by atoms with Crippen LogP contribution in [0.5, 0.6) is 0 Å². The Morgan fingerprint density at radius 2 is 2.43 bits per heavy atom. The number of carbonyl (C=O) groups is 1. The highest BCUT2D eigenvalue weighted by atomic mass is 16.5. The van der Waals surface area contributed by atoms with Gasteiger partial charge in [0.15, 0.2) is 5.82 Å². The minimum Gasteiger partial charge on any atom is -0.394 e. The summed E-state index contributed by atoms with van der Waals surface area (Å²) in [5.41, 5.74) is 0. The van der Waals surface area contributed by atoms with Gasteiger partial charge in [-0.15, -0.1) is 0 Å². The lowest BCUT2D eigenvalue weighted by molar-refractivity contribution is -0.121. The highest BCUT2D eigenvalue weighted by Crippen LogP contribution is 1.95. The van der Waals surface area contributed by atoms with Gasteiger partial charge in [-0.25, -0.2) is 0 Å². The minimum atomic E-state index is -0.254. The van der Waals surface area contributed by atoms with E-state index in [1.165, 1.54) is 0 Å². The van der Waals surface area contributed by atoms with Crippen molar-refractivity contribution in [2.75, 3.05) is 6.61 Å². The second-order valence-corrected chi connectivity index (χ2v) is 3.06. The van der Waals surface area contributed by atoms with Gasteiger partial charge in [0.25, 0.3) is 0 Å². The Hall–Kier alpha value is -1.43. The van der Waals surface area contributed by atoms with E-state index in [4.69, 9.17) is 9.63 Å². The molecule has 1 aromatic rings. The molecule has 0 aromatic carbocycles. The molecule has 0 spiro atoms. The maximum Gasteiger partial charge on any atom is 0.228 e. The third-order valence-corrected chi connectivity index (χ3v) is 1.57. The van der Waals surface area contributed by atoms with E-state index in [0.29, 0.717) is 11.7 Å². The van der Waals surface area contributed by atoms with Gasteiger partial charge in [-0.1, -0.05) is 5.16 Å². The fourth-order valence-electron chi connectivity index (χ4n) is 0.928.